The van der Waals surface area contributed by atoms with Crippen LogP contribution < -0.4 is 10.1 Å². The van der Waals surface area contributed by atoms with Crippen LogP contribution >= 0.6 is 0 Å². The number of para-hydroxylation sites is 1. The van der Waals surface area contributed by atoms with E-state index in [2.05, 4.69) is 10.3 Å². The molecule has 4 rings (SSSR count). The van der Waals surface area contributed by atoms with Gasteiger partial charge in [0, 0.05) is 23.6 Å². The number of fused-ring (bicyclic) bond motifs is 1. The molecule has 6 heteroatoms. The third-order valence-electron chi connectivity index (χ3n) is 4.39. The molecule has 0 radical (unpaired) electrons. The largest absolute Gasteiger partial charge is 0.496 e. The SMILES string of the molecule is COc1ccccc1C1CC(=O)Nc2c1ncn2-c1ccc(F)cc1. The summed E-state index contributed by atoms with van der Waals surface area (Å²) in [5, 5.41) is 2.89. The standard InChI is InChI=1S/C19H16FN3O2/c1-25-16-5-3-2-4-14(16)15-10-17(24)22-19-18(15)21-11-23(19)13-8-6-12(20)7-9-13/h2-9,11,15H,10H2,1H3,(H,22,24). The molecule has 0 saturated carbocycles. The summed E-state index contributed by atoms with van der Waals surface area (Å²) in [4.78, 5) is 16.8. The lowest BCUT2D eigenvalue weighted by atomic mass is 9.89. The number of anilines is 1. The molecule has 0 spiro atoms. The van der Waals surface area contributed by atoms with Crippen molar-refractivity contribution < 1.29 is 13.9 Å². The lowest BCUT2D eigenvalue weighted by Gasteiger charge is -2.24. The molecule has 126 valence electrons. The molecular weight excluding hydrogens is 321 g/mol. The van der Waals surface area contributed by atoms with Gasteiger partial charge in [-0.2, -0.15) is 0 Å². The van der Waals surface area contributed by atoms with Gasteiger partial charge in [0.1, 0.15) is 23.7 Å². The van der Waals surface area contributed by atoms with Crippen molar-refractivity contribution in [3.63, 3.8) is 0 Å². The maximum atomic E-state index is 13.2. The Balaban J connectivity index is 1.83. The van der Waals surface area contributed by atoms with Crippen LogP contribution in [0.4, 0.5) is 10.2 Å². The van der Waals surface area contributed by atoms with Crippen LogP contribution in [0.1, 0.15) is 23.6 Å². The summed E-state index contributed by atoms with van der Waals surface area (Å²) in [6, 6.07) is 13.7. The molecule has 1 aromatic heterocycles. The van der Waals surface area contributed by atoms with Gasteiger partial charge in [-0.05, 0) is 30.3 Å². The summed E-state index contributed by atoms with van der Waals surface area (Å²) in [5.41, 5.74) is 2.43. The number of aromatic nitrogens is 2. The number of nitrogens with zero attached hydrogens (tertiary/aromatic N) is 2. The van der Waals surface area contributed by atoms with Gasteiger partial charge in [-0.3, -0.25) is 9.36 Å². The molecule has 1 aliphatic heterocycles. The number of methoxy groups -OCH3 is 1. The lowest BCUT2D eigenvalue weighted by molar-refractivity contribution is -0.116. The Labute approximate surface area is 144 Å². The van der Waals surface area contributed by atoms with E-state index in [1.54, 1.807) is 30.1 Å². The fourth-order valence-electron chi connectivity index (χ4n) is 3.22. The minimum absolute atomic E-state index is 0.0905. The highest BCUT2D eigenvalue weighted by molar-refractivity contribution is 5.94. The fraction of sp³-hybridized carbons (Fsp3) is 0.158. The molecule has 1 unspecified atom stereocenters. The van der Waals surface area contributed by atoms with E-state index in [-0.39, 0.29) is 17.6 Å². The third kappa shape index (κ3) is 2.65. The molecule has 25 heavy (non-hydrogen) atoms. The molecule has 0 saturated heterocycles. The third-order valence-corrected chi connectivity index (χ3v) is 4.39. The van der Waals surface area contributed by atoms with Crippen LogP contribution in [0.15, 0.2) is 54.9 Å². The molecule has 1 amide bonds. The Kier molecular flexibility index (Phi) is 3.72. The summed E-state index contributed by atoms with van der Waals surface area (Å²) in [6.07, 6.45) is 1.94. The topological polar surface area (TPSA) is 56.1 Å². The Morgan fingerprint density at radius 1 is 1.20 bits per heavy atom. The Morgan fingerprint density at radius 3 is 2.72 bits per heavy atom. The molecule has 1 N–H and O–H groups in total. The van der Waals surface area contributed by atoms with E-state index in [0.717, 1.165) is 22.7 Å². The average Bonchev–Trinajstić information content (AvgIpc) is 3.05. The van der Waals surface area contributed by atoms with Crippen molar-refractivity contribution in [3.8, 4) is 11.4 Å². The second kappa shape index (κ2) is 6.05. The van der Waals surface area contributed by atoms with Crippen LogP contribution in [0.25, 0.3) is 5.69 Å². The molecule has 3 aromatic rings. The molecule has 0 fully saturated rings. The van der Waals surface area contributed by atoms with Crippen molar-refractivity contribution in [3.05, 3.63) is 71.9 Å². The van der Waals surface area contributed by atoms with Gasteiger partial charge in [-0.15, -0.1) is 0 Å². The number of carbonyl (C=O) groups is 1. The van der Waals surface area contributed by atoms with Gasteiger partial charge in [0.25, 0.3) is 0 Å². The van der Waals surface area contributed by atoms with Crippen LogP contribution in [-0.4, -0.2) is 22.6 Å². The quantitative estimate of drug-likeness (QED) is 0.796. The molecule has 2 heterocycles. The smallest absolute Gasteiger partial charge is 0.226 e. The van der Waals surface area contributed by atoms with Gasteiger partial charge in [0.2, 0.25) is 5.91 Å². The summed E-state index contributed by atoms with van der Waals surface area (Å²) in [7, 11) is 1.61. The van der Waals surface area contributed by atoms with Crippen molar-refractivity contribution in [2.75, 3.05) is 12.4 Å². The predicted molar refractivity (Wildman–Crippen MR) is 91.6 cm³/mol. The van der Waals surface area contributed by atoms with Gasteiger partial charge in [0.15, 0.2) is 0 Å². The van der Waals surface area contributed by atoms with E-state index in [1.165, 1.54) is 12.1 Å². The average molecular weight is 337 g/mol. The molecule has 1 atom stereocenters. The molecule has 5 nitrogen and oxygen atoms in total. The van der Waals surface area contributed by atoms with Crippen LogP contribution in [-0.2, 0) is 4.79 Å². The van der Waals surface area contributed by atoms with Gasteiger partial charge in [-0.1, -0.05) is 18.2 Å². The van der Waals surface area contributed by atoms with Crippen LogP contribution in [0, 0.1) is 5.82 Å². The Morgan fingerprint density at radius 2 is 1.96 bits per heavy atom. The van der Waals surface area contributed by atoms with Gasteiger partial charge < -0.3 is 10.1 Å². The maximum Gasteiger partial charge on any atom is 0.226 e. The molecule has 0 bridgehead atoms. The zero-order valence-corrected chi connectivity index (χ0v) is 13.6. The van der Waals surface area contributed by atoms with Crippen molar-refractivity contribution in [2.45, 2.75) is 12.3 Å². The molecule has 2 aromatic carbocycles. The normalized spacial score (nSPS) is 16.2. The minimum Gasteiger partial charge on any atom is -0.496 e. The van der Waals surface area contributed by atoms with E-state index < -0.39 is 0 Å². The monoisotopic (exact) mass is 337 g/mol. The number of imidazole rings is 1. The predicted octanol–water partition coefficient (Wildman–Crippen LogP) is 3.49. The number of hydrogen-bond donors (Lipinski definition) is 1. The van der Waals surface area contributed by atoms with E-state index in [0.29, 0.717) is 12.2 Å². The number of rotatable bonds is 3. The van der Waals surface area contributed by atoms with E-state index in [1.807, 2.05) is 24.3 Å². The zero-order valence-electron chi connectivity index (χ0n) is 13.6. The lowest BCUT2D eigenvalue weighted by Crippen LogP contribution is -2.25. The van der Waals surface area contributed by atoms with Crippen molar-refractivity contribution in [1.29, 1.82) is 0 Å². The second-order valence-electron chi connectivity index (χ2n) is 5.87. The first kappa shape index (κ1) is 15.4. The number of halogens is 1. The van der Waals surface area contributed by atoms with Crippen LogP contribution in [0.3, 0.4) is 0 Å². The van der Waals surface area contributed by atoms with Crippen LogP contribution in [0.5, 0.6) is 5.75 Å². The highest BCUT2D eigenvalue weighted by atomic mass is 19.1. The molecule has 1 aliphatic rings. The molecular formula is C19H16FN3O2. The Bertz CT molecular complexity index is 934. The van der Waals surface area contributed by atoms with E-state index >= 15 is 0 Å². The van der Waals surface area contributed by atoms with Gasteiger partial charge in [0.05, 0.1) is 12.8 Å². The fourth-order valence-corrected chi connectivity index (χ4v) is 3.22. The van der Waals surface area contributed by atoms with Crippen molar-refractivity contribution in [2.24, 2.45) is 0 Å². The summed E-state index contributed by atoms with van der Waals surface area (Å²) < 4.78 is 20.4. The zero-order chi connectivity index (χ0) is 17.4. The van der Waals surface area contributed by atoms with E-state index in [9.17, 15) is 9.18 Å². The summed E-state index contributed by atoms with van der Waals surface area (Å²) in [5.74, 6) is 0.741. The number of nitrogens with one attached hydrogen (secondary N) is 1. The minimum atomic E-state index is -0.311. The van der Waals surface area contributed by atoms with Gasteiger partial charge >= 0.3 is 0 Å². The summed E-state index contributed by atoms with van der Waals surface area (Å²) >= 11 is 0. The second-order valence-corrected chi connectivity index (χ2v) is 5.87. The number of ether oxygens (including phenoxy) is 1. The number of hydrogen-bond acceptors (Lipinski definition) is 3. The highest BCUT2D eigenvalue weighted by Gasteiger charge is 2.32. The first-order valence-electron chi connectivity index (χ1n) is 7.93. The van der Waals surface area contributed by atoms with Crippen molar-refractivity contribution >= 4 is 11.7 Å². The maximum absolute atomic E-state index is 13.2. The Hall–Kier alpha value is -3.15. The highest BCUT2D eigenvalue weighted by Crippen LogP contribution is 2.40. The van der Waals surface area contributed by atoms with Gasteiger partial charge in [-0.25, -0.2) is 9.37 Å². The van der Waals surface area contributed by atoms with Crippen LogP contribution in [0.2, 0.25) is 0 Å². The molecule has 0 aliphatic carbocycles. The van der Waals surface area contributed by atoms with Crippen molar-refractivity contribution in [1.82, 2.24) is 9.55 Å². The number of benzene rings is 2. The number of amides is 1. The first-order chi connectivity index (χ1) is 12.2. The number of carbonyl (C=O) groups excluding carboxylic acids is 1. The summed E-state index contributed by atoms with van der Waals surface area (Å²) in [6.45, 7) is 0. The first-order valence-corrected chi connectivity index (χ1v) is 7.93. The van der Waals surface area contributed by atoms with E-state index in [4.69, 9.17) is 4.74 Å².